The number of guanidine groups is 1. The number of aryl methyl sites for hydroxylation is 4. The first-order valence-electron chi connectivity index (χ1n) is 39.4. The number of aromatic nitrogens is 8. The summed E-state index contributed by atoms with van der Waals surface area (Å²) in [4.78, 5) is 162. The standard InChI is InChI=1S/C81H112N20O19S/c1-20-100-56(32-42(3)95-100)73(111)93-76-91-52-34-47(67(83)105)36-58(115-19)63(52)98(76)29-22-23-30-99-64-53(92-77(99)94-74(112)57-33-43(4)96-101(57)21-2)35-48(68(84)106)37-59(64)116-31-25-28-86-70(108)54(39-61(103)118-79(11,12)13)89-72(110)55(40-62(104)119-80(14,15)16)90-71(109)51(88-69(107)50(82)38-60(102)117-78(8,9)10)26-24-27-87-75(85)97-121(113,114)66-45(6)44(5)65-49(46(66)7)41-81(17,18)120-65/h22-23,32-37,50-51,54-55H,20-21,24-31,38-41,82H2,1-19H3,(H2,83,105)(H2,84,106)(H,86,108)(H,88,107)(H,89,110)(H,90,109)(H3,85,87,97)(H,91,93,111)(H,92,94,112)/b23-22+/t50-,51-,54-,55-/m0/s1. The molecule has 0 radical (unpaired) electrons. The summed E-state index contributed by atoms with van der Waals surface area (Å²) in [5.74, 6) is -9.68. The Morgan fingerprint density at radius 1 is 0.595 bits per heavy atom. The molecule has 1 aliphatic heterocycles. The highest BCUT2D eigenvalue weighted by Gasteiger charge is 2.39. The predicted molar refractivity (Wildman–Crippen MR) is 446 cm³/mol. The van der Waals surface area contributed by atoms with Crippen LogP contribution in [0, 0.1) is 40.0 Å². The number of amides is 8. The molecule has 0 aliphatic carbocycles. The van der Waals surface area contributed by atoms with Gasteiger partial charge >= 0.3 is 17.9 Å². The number of esters is 3. The number of allylic oxidation sites excluding steroid dienone is 2. The van der Waals surface area contributed by atoms with Crippen LogP contribution in [-0.2, 0) is 90.4 Å². The van der Waals surface area contributed by atoms with Crippen LogP contribution in [0.4, 0.5) is 11.9 Å². The number of fused-ring (bicyclic) bond motifs is 3. The molecule has 4 aromatic heterocycles. The summed E-state index contributed by atoms with van der Waals surface area (Å²) in [5.41, 5.74) is 18.9. The van der Waals surface area contributed by atoms with Crippen molar-refractivity contribution in [3.63, 3.8) is 0 Å². The van der Waals surface area contributed by atoms with Crippen molar-refractivity contribution < 1.29 is 89.6 Å². The van der Waals surface area contributed by atoms with Crippen molar-refractivity contribution in [2.75, 3.05) is 37.4 Å². The molecule has 0 unspecified atom stereocenters. The Bertz CT molecular complexity index is 5320. The van der Waals surface area contributed by atoms with Gasteiger partial charge in [0.05, 0.1) is 66.3 Å². The molecule has 0 saturated heterocycles. The smallest absolute Gasteiger partial charge is 0.308 e. The molecule has 3 aromatic carbocycles. The van der Waals surface area contributed by atoms with Crippen LogP contribution in [0.25, 0.3) is 22.1 Å². The lowest BCUT2D eigenvalue weighted by molar-refractivity contribution is -0.158. The molecule has 4 atom stereocenters. The van der Waals surface area contributed by atoms with E-state index in [1.807, 2.05) is 27.7 Å². The highest BCUT2D eigenvalue weighted by atomic mass is 32.2. The molecule has 0 bridgehead atoms. The third-order valence-corrected chi connectivity index (χ3v) is 20.4. The van der Waals surface area contributed by atoms with Gasteiger partial charge in [-0.1, -0.05) is 12.2 Å². The number of sulfonamides is 1. The second kappa shape index (κ2) is 38.7. The molecular weight excluding hydrogens is 1590 g/mol. The van der Waals surface area contributed by atoms with E-state index < -0.39 is 147 Å². The van der Waals surface area contributed by atoms with Crippen molar-refractivity contribution in [1.29, 1.82) is 5.41 Å². The number of primary amides is 2. The van der Waals surface area contributed by atoms with E-state index >= 15 is 0 Å². The number of nitrogens with two attached hydrogens (primary N) is 3. The number of carbonyl (C=O) groups is 11. The number of anilines is 2. The van der Waals surface area contributed by atoms with Gasteiger partial charge in [0.15, 0.2) is 0 Å². The van der Waals surface area contributed by atoms with Gasteiger partial charge in [0.2, 0.25) is 53.3 Å². The van der Waals surface area contributed by atoms with Gasteiger partial charge in [-0.15, -0.1) is 0 Å². The Kier molecular flexibility index (Phi) is 30.1. The van der Waals surface area contributed by atoms with Gasteiger partial charge in [0, 0.05) is 62.4 Å². The summed E-state index contributed by atoms with van der Waals surface area (Å²) < 4.78 is 71.5. The minimum atomic E-state index is -4.39. The lowest BCUT2D eigenvalue weighted by atomic mass is 9.94. The molecule has 656 valence electrons. The molecule has 0 spiro atoms. The minimum absolute atomic E-state index is 0.00111. The molecule has 39 nitrogen and oxygen atoms in total. The van der Waals surface area contributed by atoms with E-state index in [2.05, 4.69) is 52.1 Å². The van der Waals surface area contributed by atoms with Crippen molar-refractivity contribution in [2.45, 2.75) is 247 Å². The molecule has 40 heteroatoms. The molecule has 15 N–H and O–H groups in total. The maximum atomic E-state index is 14.9. The first-order valence-corrected chi connectivity index (χ1v) is 40.9. The zero-order valence-corrected chi connectivity index (χ0v) is 72.6. The molecule has 8 rings (SSSR count). The van der Waals surface area contributed by atoms with Gasteiger partial charge in [-0.3, -0.25) is 78.1 Å². The van der Waals surface area contributed by atoms with Gasteiger partial charge in [-0.05, 0) is 197 Å². The summed E-state index contributed by atoms with van der Waals surface area (Å²) >= 11 is 0. The average molecular weight is 1700 g/mol. The Balaban J connectivity index is 1.04. The average Bonchev–Trinajstić information content (AvgIpc) is 1.65. The summed E-state index contributed by atoms with van der Waals surface area (Å²) in [5, 5.41) is 36.1. The van der Waals surface area contributed by atoms with Crippen LogP contribution in [0.2, 0.25) is 0 Å². The number of methoxy groups -OCH3 is 1. The second-order valence-electron chi connectivity index (χ2n) is 32.8. The van der Waals surface area contributed by atoms with E-state index in [0.29, 0.717) is 58.9 Å². The van der Waals surface area contributed by atoms with E-state index in [1.165, 1.54) is 40.7 Å². The van der Waals surface area contributed by atoms with Crippen molar-refractivity contribution in [3.8, 4) is 17.2 Å². The van der Waals surface area contributed by atoms with E-state index in [-0.39, 0.29) is 119 Å². The lowest BCUT2D eigenvalue weighted by Gasteiger charge is -2.27. The third-order valence-electron chi connectivity index (χ3n) is 18.7. The van der Waals surface area contributed by atoms with Gasteiger partial charge in [-0.25, -0.2) is 23.1 Å². The molecule has 1 aliphatic rings. The summed E-state index contributed by atoms with van der Waals surface area (Å²) in [6.07, 6.45) is 1.07. The number of ether oxygens (including phenoxy) is 6. The zero-order valence-electron chi connectivity index (χ0n) is 71.8. The fourth-order valence-corrected chi connectivity index (χ4v) is 15.0. The molecule has 0 fully saturated rings. The van der Waals surface area contributed by atoms with Gasteiger partial charge < -0.3 is 81.3 Å². The molecule has 5 heterocycles. The van der Waals surface area contributed by atoms with Crippen LogP contribution < -0.4 is 73.4 Å². The van der Waals surface area contributed by atoms with Crippen molar-refractivity contribution in [3.05, 3.63) is 105 Å². The second-order valence-corrected chi connectivity index (χ2v) is 34.4. The summed E-state index contributed by atoms with van der Waals surface area (Å²) in [6, 6.07) is 1.93. The Labute approximate surface area is 700 Å². The summed E-state index contributed by atoms with van der Waals surface area (Å²) in [7, 11) is -2.99. The Morgan fingerprint density at radius 2 is 1.04 bits per heavy atom. The third kappa shape index (κ3) is 24.8. The monoisotopic (exact) mass is 1700 g/mol. The number of nitrogens with one attached hydrogen (secondary N) is 9. The minimum Gasteiger partial charge on any atom is -0.494 e. The summed E-state index contributed by atoms with van der Waals surface area (Å²) in [6.45, 7) is 30.1. The van der Waals surface area contributed by atoms with Crippen LogP contribution in [0.5, 0.6) is 17.2 Å². The van der Waals surface area contributed by atoms with Crippen molar-refractivity contribution in [1.82, 2.24) is 70.0 Å². The van der Waals surface area contributed by atoms with E-state index in [0.717, 1.165) is 5.56 Å². The largest absolute Gasteiger partial charge is 0.494 e. The zero-order chi connectivity index (χ0) is 89.9. The SMILES string of the molecule is CCn1nc(C)cc1C(=O)Nc1nc2cc(C(N)=O)cc(OC)c2n1C/C=C/Cn1c(NC(=O)c2cc(C)nn2CC)nc2cc(C(N)=O)cc(OCCCNC(=O)[C@H](CC(=O)OC(C)(C)C)NC(=O)[C@H](CC(=O)OC(C)(C)C)NC(=O)[C@H](CCCNC(=N)NS(=O)(=O)c3c(C)c(C)c4c(c3C)CC(C)(C)O4)NC(=O)[C@@H](N)CC(=O)OC(C)(C)C)c21. The maximum Gasteiger partial charge on any atom is 0.308 e. The number of rotatable bonds is 37. The first kappa shape index (κ1) is 94.0. The van der Waals surface area contributed by atoms with Crippen LogP contribution >= 0.6 is 0 Å². The van der Waals surface area contributed by atoms with E-state index in [4.69, 9.17) is 61.0 Å². The molecular formula is C81H112N20O19S. The van der Waals surface area contributed by atoms with Gasteiger partial charge in [-0.2, -0.15) is 10.2 Å². The fourth-order valence-electron chi connectivity index (χ4n) is 13.4. The van der Waals surface area contributed by atoms with Crippen LogP contribution in [-0.4, -0.2) is 192 Å². The molecule has 121 heavy (non-hydrogen) atoms. The lowest BCUT2D eigenvalue weighted by Crippen LogP contribution is -2.58. The van der Waals surface area contributed by atoms with Gasteiger partial charge in [0.1, 0.15) is 80.2 Å². The van der Waals surface area contributed by atoms with E-state index in [9.17, 15) is 61.2 Å². The Hall–Kier alpha value is -12.5. The quantitative estimate of drug-likeness (QED) is 0.00595. The fraction of sp³-hybridized carbons (Fsp3) is 0.506. The number of benzene rings is 3. The van der Waals surface area contributed by atoms with Crippen molar-refractivity contribution >= 4 is 115 Å². The normalized spacial score (nSPS) is 13.7. The highest BCUT2D eigenvalue weighted by molar-refractivity contribution is 7.90. The van der Waals surface area contributed by atoms with Crippen LogP contribution in [0.3, 0.4) is 0 Å². The highest BCUT2D eigenvalue weighted by Crippen LogP contribution is 2.44. The van der Waals surface area contributed by atoms with Crippen LogP contribution in [0.1, 0.15) is 204 Å². The van der Waals surface area contributed by atoms with Crippen molar-refractivity contribution in [2.24, 2.45) is 17.2 Å². The predicted octanol–water partition coefficient (Wildman–Crippen LogP) is 5.19. The molecule has 7 aromatic rings. The number of nitrogens with zero attached hydrogens (tertiary/aromatic N) is 8. The van der Waals surface area contributed by atoms with Crippen LogP contribution in [0.15, 0.2) is 53.4 Å². The van der Waals surface area contributed by atoms with Gasteiger partial charge in [0.25, 0.3) is 21.8 Å². The maximum absolute atomic E-state index is 14.9. The molecule has 0 saturated carbocycles. The first-order chi connectivity index (χ1) is 56.4. The topological polar surface area (TPSA) is 547 Å². The number of hydrogen-bond acceptors (Lipinski definition) is 25. The number of imidazole rings is 2. The number of hydrogen-bond donors (Lipinski definition) is 12. The Morgan fingerprint density at radius 3 is 1.51 bits per heavy atom. The van der Waals surface area contributed by atoms with E-state index in [1.54, 1.807) is 130 Å². The molecule has 8 amide bonds. The number of carbonyl (C=O) groups excluding carboxylic acids is 11.